The van der Waals surface area contributed by atoms with E-state index in [-0.39, 0.29) is 6.61 Å². The van der Waals surface area contributed by atoms with Crippen molar-refractivity contribution in [3.8, 4) is 0 Å². The molecule has 0 spiro atoms. The van der Waals surface area contributed by atoms with Crippen molar-refractivity contribution in [3.63, 3.8) is 0 Å². The van der Waals surface area contributed by atoms with E-state index in [1.807, 2.05) is 0 Å². The predicted molar refractivity (Wildman–Crippen MR) is 71.0 cm³/mol. The van der Waals surface area contributed by atoms with Gasteiger partial charge in [-0.3, -0.25) is 0 Å². The molecule has 0 radical (unpaired) electrons. The molecule has 1 aromatic rings. The number of aliphatic hydroxyl groups excluding tert-OH is 2. The molecule has 0 amide bonds. The Hall–Kier alpha value is -1.47. The van der Waals surface area contributed by atoms with Crippen LogP contribution in [-0.2, 0) is 9.47 Å². The number of hydrogen-bond acceptors (Lipinski definition) is 6. The lowest BCUT2D eigenvalue weighted by Crippen LogP contribution is -2.61. The zero-order valence-electron chi connectivity index (χ0n) is 11.2. The summed E-state index contributed by atoms with van der Waals surface area (Å²) < 4.78 is 10.5. The molecule has 3 unspecified atom stereocenters. The maximum absolute atomic E-state index is 11.8. The second-order valence-corrected chi connectivity index (χ2v) is 4.90. The molecule has 1 aromatic carbocycles. The summed E-state index contributed by atoms with van der Waals surface area (Å²) in [5, 5.41) is 19.6. The second-order valence-electron chi connectivity index (χ2n) is 4.90. The van der Waals surface area contributed by atoms with Crippen LogP contribution in [0.3, 0.4) is 0 Å². The van der Waals surface area contributed by atoms with E-state index in [1.54, 1.807) is 37.3 Å². The molecule has 0 bridgehead atoms. The maximum Gasteiger partial charge on any atom is 0.338 e. The number of rotatable bonds is 3. The highest BCUT2D eigenvalue weighted by Gasteiger charge is 2.41. The van der Waals surface area contributed by atoms with E-state index in [1.165, 1.54) is 0 Å². The van der Waals surface area contributed by atoms with Gasteiger partial charge < -0.3 is 25.4 Å². The van der Waals surface area contributed by atoms with Crippen LogP contribution < -0.4 is 5.73 Å². The van der Waals surface area contributed by atoms with E-state index in [4.69, 9.17) is 15.2 Å². The molecular formula is C14H19NO5. The van der Waals surface area contributed by atoms with Crippen molar-refractivity contribution in [1.82, 2.24) is 0 Å². The Bertz CT molecular complexity index is 452. The number of aliphatic hydroxyl groups is 2. The third-order valence-electron chi connectivity index (χ3n) is 3.44. The van der Waals surface area contributed by atoms with Gasteiger partial charge in [-0.15, -0.1) is 0 Å². The summed E-state index contributed by atoms with van der Waals surface area (Å²) in [4.78, 5) is 11.8. The van der Waals surface area contributed by atoms with E-state index in [9.17, 15) is 15.0 Å². The summed E-state index contributed by atoms with van der Waals surface area (Å²) in [5.74, 6) is -0.501. The number of carbonyl (C=O) groups excluding carboxylic acids is 1. The van der Waals surface area contributed by atoms with Gasteiger partial charge in [-0.1, -0.05) is 18.2 Å². The number of nitrogens with two attached hydrogens (primary N) is 1. The number of benzene rings is 1. The molecule has 6 heteroatoms. The van der Waals surface area contributed by atoms with Gasteiger partial charge in [0, 0.05) is 0 Å². The number of ether oxygens (including phenoxy) is 2. The Morgan fingerprint density at radius 3 is 2.60 bits per heavy atom. The van der Waals surface area contributed by atoms with Gasteiger partial charge in [-0.05, 0) is 19.1 Å². The van der Waals surface area contributed by atoms with E-state index in [2.05, 4.69) is 0 Å². The van der Waals surface area contributed by atoms with Gasteiger partial charge in [-0.25, -0.2) is 4.79 Å². The third kappa shape index (κ3) is 3.16. The van der Waals surface area contributed by atoms with Crippen LogP contribution in [0.25, 0.3) is 0 Å². The monoisotopic (exact) mass is 281 g/mol. The fourth-order valence-corrected chi connectivity index (χ4v) is 2.13. The van der Waals surface area contributed by atoms with Crippen LogP contribution in [0.4, 0.5) is 0 Å². The lowest BCUT2D eigenvalue weighted by Gasteiger charge is -2.39. The largest absolute Gasteiger partial charge is 0.459 e. The molecule has 0 aromatic heterocycles. The molecule has 4 N–H and O–H groups in total. The van der Waals surface area contributed by atoms with Crippen molar-refractivity contribution in [2.45, 2.75) is 37.4 Å². The Labute approximate surface area is 117 Å². The average molecular weight is 281 g/mol. The van der Waals surface area contributed by atoms with Gasteiger partial charge in [0.05, 0.1) is 17.7 Å². The van der Waals surface area contributed by atoms with Gasteiger partial charge in [0.15, 0.2) is 0 Å². The van der Waals surface area contributed by atoms with Crippen molar-refractivity contribution < 1.29 is 24.5 Å². The molecule has 1 aliphatic heterocycles. The molecule has 1 fully saturated rings. The van der Waals surface area contributed by atoms with Crippen molar-refractivity contribution in [2.24, 2.45) is 5.73 Å². The number of hydrogen-bond donors (Lipinski definition) is 3. The zero-order valence-corrected chi connectivity index (χ0v) is 11.2. The van der Waals surface area contributed by atoms with Crippen molar-refractivity contribution in [3.05, 3.63) is 35.9 Å². The first-order valence-corrected chi connectivity index (χ1v) is 6.50. The highest BCUT2D eigenvalue weighted by atomic mass is 16.6. The Balaban J connectivity index is 1.92. The standard InChI is InChI=1S/C14H19NO5/c1-8-11(15)13(17)12(16)10(20-8)7-19-14(18)9-5-3-2-4-6-9/h2-6,8,10-13,16-17H,7,15H2,1H3/t8-,10?,11?,12-,13?/m0/s1. The van der Waals surface area contributed by atoms with Crippen molar-refractivity contribution in [1.29, 1.82) is 0 Å². The van der Waals surface area contributed by atoms with Crippen LogP contribution >= 0.6 is 0 Å². The van der Waals surface area contributed by atoms with Gasteiger partial charge in [0.2, 0.25) is 0 Å². The minimum atomic E-state index is -1.18. The number of carbonyl (C=O) groups is 1. The lowest BCUT2D eigenvalue weighted by molar-refractivity contribution is -0.184. The fourth-order valence-electron chi connectivity index (χ4n) is 2.13. The van der Waals surface area contributed by atoms with Gasteiger partial charge in [0.25, 0.3) is 0 Å². The summed E-state index contributed by atoms with van der Waals surface area (Å²) >= 11 is 0. The first-order valence-electron chi connectivity index (χ1n) is 6.50. The van der Waals surface area contributed by atoms with E-state index >= 15 is 0 Å². The quantitative estimate of drug-likeness (QED) is 0.656. The van der Waals surface area contributed by atoms with Crippen LogP contribution in [0.1, 0.15) is 17.3 Å². The SMILES string of the molecule is C[C@@H]1OC(COC(=O)c2ccccc2)[C@H](O)C(O)C1N. The average Bonchev–Trinajstić information content (AvgIpc) is 2.48. The molecule has 110 valence electrons. The minimum absolute atomic E-state index is 0.136. The highest BCUT2D eigenvalue weighted by molar-refractivity contribution is 5.89. The molecule has 20 heavy (non-hydrogen) atoms. The maximum atomic E-state index is 11.8. The van der Waals surface area contributed by atoms with E-state index in [0.29, 0.717) is 5.56 Å². The highest BCUT2D eigenvalue weighted by Crippen LogP contribution is 2.20. The molecule has 2 rings (SSSR count). The molecule has 0 aliphatic carbocycles. The Morgan fingerprint density at radius 2 is 1.95 bits per heavy atom. The first-order chi connectivity index (χ1) is 9.50. The first kappa shape index (κ1) is 14.9. The fraction of sp³-hybridized carbons (Fsp3) is 0.500. The molecule has 1 saturated heterocycles. The van der Waals surface area contributed by atoms with Gasteiger partial charge >= 0.3 is 5.97 Å². The predicted octanol–water partition coefficient (Wildman–Crippen LogP) is -0.320. The summed E-state index contributed by atoms with van der Waals surface area (Å²) in [6.45, 7) is 1.56. The third-order valence-corrected chi connectivity index (χ3v) is 3.44. The molecular weight excluding hydrogens is 262 g/mol. The molecule has 6 nitrogen and oxygen atoms in total. The van der Waals surface area contributed by atoms with Crippen LogP contribution in [0, 0.1) is 0 Å². The van der Waals surface area contributed by atoms with Crippen molar-refractivity contribution >= 4 is 5.97 Å². The van der Waals surface area contributed by atoms with Crippen LogP contribution in [-0.4, -0.2) is 53.2 Å². The van der Waals surface area contributed by atoms with Crippen molar-refractivity contribution in [2.75, 3.05) is 6.61 Å². The Morgan fingerprint density at radius 1 is 1.30 bits per heavy atom. The van der Waals surface area contributed by atoms with Gasteiger partial charge in [-0.2, -0.15) is 0 Å². The Kier molecular flexibility index (Phi) is 4.72. The molecule has 1 aliphatic rings. The van der Waals surface area contributed by atoms with E-state index in [0.717, 1.165) is 0 Å². The molecule has 0 saturated carbocycles. The summed E-state index contributed by atoms with van der Waals surface area (Å²) in [6, 6.07) is 7.86. The van der Waals surface area contributed by atoms with Gasteiger partial charge in [0.1, 0.15) is 24.9 Å². The minimum Gasteiger partial charge on any atom is -0.459 e. The van der Waals surface area contributed by atoms with Crippen LogP contribution in [0.2, 0.25) is 0 Å². The smallest absolute Gasteiger partial charge is 0.338 e. The summed E-state index contributed by atoms with van der Waals surface area (Å²) in [5.41, 5.74) is 6.10. The number of esters is 1. The zero-order chi connectivity index (χ0) is 14.7. The molecule has 5 atom stereocenters. The normalized spacial score (nSPS) is 33.7. The topological polar surface area (TPSA) is 102 Å². The van der Waals surface area contributed by atoms with Crippen LogP contribution in [0.15, 0.2) is 30.3 Å². The molecule has 1 heterocycles. The summed E-state index contributed by atoms with van der Waals surface area (Å²) in [7, 11) is 0. The van der Waals surface area contributed by atoms with E-state index < -0.39 is 36.4 Å². The second kappa shape index (κ2) is 6.32. The lowest BCUT2D eigenvalue weighted by atomic mass is 9.94. The van der Waals surface area contributed by atoms with Crippen LogP contribution in [0.5, 0.6) is 0 Å². The summed E-state index contributed by atoms with van der Waals surface area (Å²) in [6.07, 6.45) is -3.48.